The van der Waals surface area contributed by atoms with Crippen molar-refractivity contribution >= 4 is 25.8 Å². The minimum atomic E-state index is -3.24. The van der Waals surface area contributed by atoms with Crippen LogP contribution in [0.1, 0.15) is 32.1 Å². The second-order valence-electron chi connectivity index (χ2n) is 6.48. The second-order valence-corrected chi connectivity index (χ2v) is 8.46. The van der Waals surface area contributed by atoms with Crippen molar-refractivity contribution in [2.24, 2.45) is 14.1 Å². The predicted octanol–water partition coefficient (Wildman–Crippen LogP) is 0.785. The smallest absolute Gasteiger partial charge is 0.296 e. The third kappa shape index (κ3) is 3.08. The standard InChI is InChI=1S/C17H21N3O4S/c1-19-15-9-8-13(10-14(15)16(22)20(2)17(19)23)25(24,11-21)18-12-6-4-3-5-7-12/h8-10,12H,3-7H2,1-2H3,(H,18,24). The third-order valence-corrected chi connectivity index (χ3v) is 6.64. The highest BCUT2D eigenvalue weighted by atomic mass is 32.2. The van der Waals surface area contributed by atoms with E-state index in [0.717, 1.165) is 36.7 Å². The van der Waals surface area contributed by atoms with Gasteiger partial charge in [0.2, 0.25) is 5.23 Å². The van der Waals surface area contributed by atoms with E-state index in [2.05, 4.69) is 4.72 Å². The van der Waals surface area contributed by atoms with E-state index in [1.807, 2.05) is 0 Å². The van der Waals surface area contributed by atoms with Gasteiger partial charge in [0.15, 0.2) is 0 Å². The van der Waals surface area contributed by atoms with Gasteiger partial charge in [-0.1, -0.05) is 19.3 Å². The number of rotatable bonds is 3. The Morgan fingerprint density at radius 1 is 1.12 bits per heavy atom. The predicted molar refractivity (Wildman–Crippen MR) is 96.5 cm³/mol. The molecule has 1 fully saturated rings. The minimum Gasteiger partial charge on any atom is -0.296 e. The second kappa shape index (κ2) is 6.63. The zero-order valence-corrected chi connectivity index (χ0v) is 15.1. The Labute approximate surface area is 145 Å². The van der Waals surface area contributed by atoms with Crippen molar-refractivity contribution in [3.63, 3.8) is 0 Å². The molecule has 0 radical (unpaired) electrons. The van der Waals surface area contributed by atoms with Gasteiger partial charge >= 0.3 is 5.69 Å². The molecule has 0 spiro atoms. The van der Waals surface area contributed by atoms with Crippen LogP contribution >= 0.6 is 0 Å². The topological polar surface area (TPSA) is 90.2 Å². The molecular formula is C17H21N3O4S. The number of benzene rings is 1. The fourth-order valence-electron chi connectivity index (χ4n) is 3.35. The summed E-state index contributed by atoms with van der Waals surface area (Å²) in [5.41, 5.74) is -0.485. The van der Waals surface area contributed by atoms with Gasteiger partial charge in [-0.15, -0.1) is 0 Å². The summed E-state index contributed by atoms with van der Waals surface area (Å²) in [6.07, 6.45) is 4.94. The highest BCUT2D eigenvalue weighted by Gasteiger charge is 2.21. The van der Waals surface area contributed by atoms with E-state index in [9.17, 15) is 18.6 Å². The minimum absolute atomic E-state index is 0.00126. The summed E-state index contributed by atoms with van der Waals surface area (Å²) in [7, 11) is -0.289. The van der Waals surface area contributed by atoms with E-state index in [1.54, 1.807) is 18.3 Å². The van der Waals surface area contributed by atoms with Crippen molar-refractivity contribution in [1.82, 2.24) is 13.9 Å². The van der Waals surface area contributed by atoms with Crippen LogP contribution in [0.5, 0.6) is 0 Å². The molecular weight excluding hydrogens is 342 g/mol. The van der Waals surface area contributed by atoms with Gasteiger partial charge in [-0.25, -0.2) is 18.5 Å². The van der Waals surface area contributed by atoms with Crippen molar-refractivity contribution in [3.8, 4) is 0 Å². The van der Waals surface area contributed by atoms with Crippen molar-refractivity contribution < 1.29 is 9.00 Å². The van der Waals surface area contributed by atoms with Crippen LogP contribution in [0.3, 0.4) is 0 Å². The van der Waals surface area contributed by atoms with Crippen LogP contribution in [0.15, 0.2) is 32.7 Å². The highest BCUT2D eigenvalue weighted by Crippen LogP contribution is 2.21. The molecule has 0 saturated heterocycles. The van der Waals surface area contributed by atoms with Crippen LogP contribution in [-0.2, 0) is 28.6 Å². The van der Waals surface area contributed by atoms with Crippen molar-refractivity contribution in [2.75, 3.05) is 0 Å². The fourth-order valence-corrected chi connectivity index (χ4v) is 4.88. The number of nitrogens with zero attached hydrogens (tertiary/aromatic N) is 2. The average Bonchev–Trinajstić information content (AvgIpc) is 2.64. The molecule has 8 heteroatoms. The van der Waals surface area contributed by atoms with Crippen LogP contribution in [-0.4, -0.2) is 24.6 Å². The summed E-state index contributed by atoms with van der Waals surface area (Å²) in [6.45, 7) is 0. The van der Waals surface area contributed by atoms with Crippen LogP contribution in [0.2, 0.25) is 0 Å². The van der Waals surface area contributed by atoms with Gasteiger partial charge in [0, 0.05) is 20.1 Å². The molecule has 0 bridgehead atoms. The Hall–Kier alpha value is -2.15. The molecule has 1 atom stereocenters. The van der Waals surface area contributed by atoms with Crippen LogP contribution < -0.4 is 16.0 Å². The monoisotopic (exact) mass is 363 g/mol. The van der Waals surface area contributed by atoms with Crippen LogP contribution in [0.4, 0.5) is 0 Å². The van der Waals surface area contributed by atoms with E-state index in [4.69, 9.17) is 0 Å². The first-order valence-electron chi connectivity index (χ1n) is 8.27. The number of carbonyl (C=O) groups excluding carboxylic acids is 1. The average molecular weight is 363 g/mol. The quantitative estimate of drug-likeness (QED) is 0.816. The molecule has 0 aliphatic heterocycles. The number of nitrogens with one attached hydrogen (secondary N) is 1. The Bertz CT molecular complexity index is 1080. The molecule has 1 aliphatic carbocycles. The van der Waals surface area contributed by atoms with Gasteiger partial charge < -0.3 is 0 Å². The first-order chi connectivity index (χ1) is 11.9. The van der Waals surface area contributed by atoms with Crippen LogP contribution in [0, 0.1) is 0 Å². The molecule has 7 nitrogen and oxygen atoms in total. The number of hydrogen-bond donors (Lipinski definition) is 1. The number of hydrogen-bond acceptors (Lipinski definition) is 4. The lowest BCUT2D eigenvalue weighted by Gasteiger charge is -2.24. The number of fused-ring (bicyclic) bond motifs is 1. The van der Waals surface area contributed by atoms with E-state index in [0.29, 0.717) is 5.52 Å². The molecule has 0 amide bonds. The summed E-state index contributed by atoms with van der Waals surface area (Å²) in [6, 6.07) is 4.50. The Balaban J connectivity index is 2.14. The number of aromatic nitrogens is 2. The van der Waals surface area contributed by atoms with E-state index in [-0.39, 0.29) is 16.3 Å². The summed E-state index contributed by atoms with van der Waals surface area (Å²) in [5, 5.41) is 1.90. The SMILES string of the molecule is Cn1c(=O)c2cc(S(=O)(=C=O)NC3CCCCC3)ccc2n(C)c1=O. The molecule has 1 unspecified atom stereocenters. The lowest BCUT2D eigenvalue weighted by atomic mass is 9.96. The summed E-state index contributed by atoms with van der Waals surface area (Å²) in [5.74, 6) is 0. The Kier molecular flexibility index (Phi) is 4.69. The largest absolute Gasteiger partial charge is 0.330 e. The van der Waals surface area contributed by atoms with Crippen LogP contribution in [0.25, 0.3) is 10.9 Å². The van der Waals surface area contributed by atoms with Crippen molar-refractivity contribution in [1.29, 1.82) is 0 Å². The highest BCUT2D eigenvalue weighted by molar-refractivity contribution is 7.99. The lowest BCUT2D eigenvalue weighted by molar-refractivity contribution is 0.418. The summed E-state index contributed by atoms with van der Waals surface area (Å²) in [4.78, 5) is 36.1. The molecule has 1 aromatic carbocycles. The molecule has 1 aliphatic rings. The van der Waals surface area contributed by atoms with Gasteiger partial charge in [0.1, 0.15) is 9.71 Å². The van der Waals surface area contributed by atoms with Gasteiger partial charge in [0.25, 0.3) is 5.56 Å². The van der Waals surface area contributed by atoms with E-state index < -0.39 is 21.0 Å². The maximum Gasteiger partial charge on any atom is 0.330 e. The zero-order chi connectivity index (χ0) is 18.2. The van der Waals surface area contributed by atoms with E-state index in [1.165, 1.54) is 23.7 Å². The molecule has 1 N–H and O–H groups in total. The summed E-state index contributed by atoms with van der Waals surface area (Å²) >= 11 is 0. The first kappa shape index (κ1) is 17.7. The van der Waals surface area contributed by atoms with Crippen molar-refractivity contribution in [2.45, 2.75) is 43.0 Å². The zero-order valence-electron chi connectivity index (χ0n) is 14.3. The Morgan fingerprint density at radius 3 is 2.44 bits per heavy atom. The molecule has 2 aromatic rings. The number of aryl methyl sites for hydroxylation is 1. The maximum atomic E-state index is 13.1. The van der Waals surface area contributed by atoms with Gasteiger partial charge in [-0.3, -0.25) is 13.9 Å². The Morgan fingerprint density at radius 2 is 1.80 bits per heavy atom. The van der Waals surface area contributed by atoms with Crippen molar-refractivity contribution in [3.05, 3.63) is 39.0 Å². The third-order valence-electron chi connectivity index (χ3n) is 4.83. The van der Waals surface area contributed by atoms with E-state index >= 15 is 0 Å². The molecule has 134 valence electrons. The normalized spacial score (nSPS) is 18.0. The van der Waals surface area contributed by atoms with Gasteiger partial charge in [-0.05, 0) is 31.0 Å². The molecule has 1 saturated carbocycles. The summed E-state index contributed by atoms with van der Waals surface area (Å²) < 4.78 is 18.4. The molecule has 1 heterocycles. The molecule has 25 heavy (non-hydrogen) atoms. The van der Waals surface area contributed by atoms with Gasteiger partial charge in [-0.2, -0.15) is 0 Å². The molecule has 3 rings (SSSR count). The lowest BCUT2D eigenvalue weighted by Crippen LogP contribution is -2.38. The first-order valence-corrected chi connectivity index (χ1v) is 9.83. The maximum absolute atomic E-state index is 13.1. The fraction of sp³-hybridized carbons (Fsp3) is 0.471. The van der Waals surface area contributed by atoms with Gasteiger partial charge in [0.05, 0.1) is 15.8 Å². The molecule has 1 aromatic heterocycles.